The first kappa shape index (κ1) is 28.3. The average molecular weight is 550 g/mol. The van der Waals surface area contributed by atoms with E-state index in [0.717, 1.165) is 44.6 Å². The van der Waals surface area contributed by atoms with Gasteiger partial charge in [-0.1, -0.05) is 20.8 Å². The van der Waals surface area contributed by atoms with Crippen molar-refractivity contribution < 1.29 is 17.9 Å². The van der Waals surface area contributed by atoms with Crippen molar-refractivity contribution in [2.75, 3.05) is 57.9 Å². The van der Waals surface area contributed by atoms with Crippen LogP contribution in [0.4, 0.5) is 19.0 Å². The van der Waals surface area contributed by atoms with Gasteiger partial charge in [0.2, 0.25) is 5.82 Å². The molecular weight excluding hydrogens is 507 g/mol. The van der Waals surface area contributed by atoms with Crippen LogP contribution < -0.4 is 10.2 Å². The van der Waals surface area contributed by atoms with E-state index in [9.17, 15) is 13.2 Å². The van der Waals surface area contributed by atoms with E-state index in [4.69, 9.17) is 4.74 Å². The first-order valence-corrected chi connectivity index (χ1v) is 14.2. The van der Waals surface area contributed by atoms with Crippen LogP contribution in [0.2, 0.25) is 0 Å². The predicted molar refractivity (Wildman–Crippen MR) is 144 cm³/mol. The van der Waals surface area contributed by atoms with Crippen molar-refractivity contribution >= 4 is 5.82 Å². The highest BCUT2D eigenvalue weighted by Gasteiger charge is 2.52. The van der Waals surface area contributed by atoms with Crippen LogP contribution >= 0.6 is 0 Å². The van der Waals surface area contributed by atoms with E-state index >= 15 is 0 Å². The van der Waals surface area contributed by atoms with Crippen molar-refractivity contribution in [3.8, 4) is 0 Å². The van der Waals surface area contributed by atoms with Crippen LogP contribution in [0.3, 0.4) is 0 Å². The van der Waals surface area contributed by atoms with Gasteiger partial charge in [0.05, 0.1) is 25.0 Å². The number of piperidine rings is 1. The number of rotatable bonds is 7. The van der Waals surface area contributed by atoms with Crippen molar-refractivity contribution in [2.24, 2.45) is 11.3 Å². The van der Waals surface area contributed by atoms with E-state index in [2.05, 4.69) is 53.0 Å². The Hall–Kier alpha value is -2.24. The number of piperazine rings is 1. The molecule has 0 spiro atoms. The van der Waals surface area contributed by atoms with Gasteiger partial charge in [0.15, 0.2) is 0 Å². The first-order valence-electron chi connectivity index (χ1n) is 14.2. The van der Waals surface area contributed by atoms with Crippen molar-refractivity contribution in [1.82, 2.24) is 30.0 Å². The largest absolute Gasteiger partial charge is 0.451 e. The number of ether oxygens (including phenoxy) is 1. The van der Waals surface area contributed by atoms with E-state index in [1.807, 2.05) is 21.8 Å². The number of alkyl halides is 3. The molecule has 4 heterocycles. The van der Waals surface area contributed by atoms with E-state index in [1.165, 1.54) is 5.69 Å². The lowest BCUT2D eigenvalue weighted by atomic mass is 9.56. The minimum atomic E-state index is -4.59. The Kier molecular flexibility index (Phi) is 7.96. The molecular formula is C28H42F3N7O. The molecule has 1 aliphatic carbocycles. The lowest BCUT2D eigenvalue weighted by Crippen LogP contribution is -2.61. The number of anilines is 1. The van der Waals surface area contributed by atoms with Crippen LogP contribution in [0.1, 0.15) is 68.2 Å². The Morgan fingerprint density at radius 2 is 1.90 bits per heavy atom. The summed E-state index contributed by atoms with van der Waals surface area (Å²) in [5, 5.41) is 7.93. The molecule has 0 radical (unpaired) electrons. The summed E-state index contributed by atoms with van der Waals surface area (Å²) >= 11 is 0. The third kappa shape index (κ3) is 5.54. The van der Waals surface area contributed by atoms with Gasteiger partial charge in [-0.05, 0) is 36.7 Å². The van der Waals surface area contributed by atoms with Gasteiger partial charge in [0.25, 0.3) is 0 Å². The zero-order valence-electron chi connectivity index (χ0n) is 23.8. The molecule has 1 saturated carbocycles. The summed E-state index contributed by atoms with van der Waals surface area (Å²) in [6, 6.07) is 2.18. The monoisotopic (exact) mass is 549 g/mol. The lowest BCUT2D eigenvalue weighted by Gasteiger charge is -2.57. The molecule has 4 atom stereocenters. The summed E-state index contributed by atoms with van der Waals surface area (Å²) in [4.78, 5) is 12.7. The molecule has 0 amide bonds. The molecule has 1 N–H and O–H groups in total. The number of nitrogens with zero attached hydrogens (tertiary/aromatic N) is 6. The van der Waals surface area contributed by atoms with E-state index < -0.39 is 12.0 Å². The van der Waals surface area contributed by atoms with Crippen LogP contribution in [0.25, 0.3) is 0 Å². The van der Waals surface area contributed by atoms with Crippen LogP contribution in [0.15, 0.2) is 12.3 Å². The fourth-order valence-corrected chi connectivity index (χ4v) is 7.03. The standard InChI is InChI=1S/C28H42F3N7O/c1-18-16-33-38(12-13-39-5)25(18)20-6-9-37(17-19(20)2)24-15-22(34-26(35-24)28(29,30)31)21-14-23(27(21,3)4)36-10-7-32-8-11-36/h15-16,19-21,23,32H,6-14,17H2,1-5H3/t19-,20-,21-,23-/m1/s1. The molecule has 11 heteroatoms. The topological polar surface area (TPSA) is 71.3 Å². The van der Waals surface area contributed by atoms with Gasteiger partial charge in [0, 0.05) is 76.0 Å². The molecule has 3 fully saturated rings. The second kappa shape index (κ2) is 11.0. The Morgan fingerprint density at radius 3 is 2.54 bits per heavy atom. The van der Waals surface area contributed by atoms with Gasteiger partial charge in [-0.25, -0.2) is 9.97 Å². The third-order valence-corrected chi connectivity index (χ3v) is 9.31. The van der Waals surface area contributed by atoms with Crippen molar-refractivity contribution in [3.05, 3.63) is 35.0 Å². The maximum Gasteiger partial charge on any atom is 0.451 e. The van der Waals surface area contributed by atoms with Gasteiger partial charge < -0.3 is 15.0 Å². The molecule has 0 aromatic carbocycles. The highest BCUT2D eigenvalue weighted by atomic mass is 19.4. The predicted octanol–water partition coefficient (Wildman–Crippen LogP) is 4.06. The minimum Gasteiger partial charge on any atom is -0.383 e. The zero-order valence-corrected chi connectivity index (χ0v) is 23.8. The second-order valence-electron chi connectivity index (χ2n) is 12.1. The third-order valence-electron chi connectivity index (χ3n) is 9.31. The average Bonchev–Trinajstić information content (AvgIpc) is 3.26. The Labute approximate surface area is 229 Å². The smallest absolute Gasteiger partial charge is 0.383 e. The lowest BCUT2D eigenvalue weighted by molar-refractivity contribution is -0.145. The number of aromatic nitrogens is 4. The number of methoxy groups -OCH3 is 1. The molecule has 0 unspecified atom stereocenters. The first-order chi connectivity index (χ1) is 18.5. The van der Waals surface area contributed by atoms with Gasteiger partial charge in [-0.2, -0.15) is 18.3 Å². The van der Waals surface area contributed by atoms with Crippen LogP contribution in [0.5, 0.6) is 0 Å². The molecule has 0 bridgehead atoms. The molecule has 216 valence electrons. The zero-order chi connectivity index (χ0) is 27.9. The number of nitrogens with one attached hydrogen (secondary N) is 1. The Morgan fingerprint density at radius 1 is 1.15 bits per heavy atom. The molecule has 2 saturated heterocycles. The van der Waals surface area contributed by atoms with E-state index in [1.54, 1.807) is 7.11 Å². The van der Waals surface area contributed by atoms with Crippen LogP contribution in [-0.2, 0) is 17.5 Å². The number of aryl methyl sites for hydroxylation is 1. The van der Waals surface area contributed by atoms with Crippen molar-refractivity contribution in [2.45, 2.75) is 71.1 Å². The quantitative estimate of drug-likeness (QED) is 0.559. The minimum absolute atomic E-state index is 0.0343. The number of halogens is 3. The molecule has 3 aliphatic rings. The van der Waals surface area contributed by atoms with Crippen LogP contribution in [0, 0.1) is 18.3 Å². The molecule has 39 heavy (non-hydrogen) atoms. The van der Waals surface area contributed by atoms with Crippen molar-refractivity contribution in [3.63, 3.8) is 0 Å². The summed E-state index contributed by atoms with van der Waals surface area (Å²) in [6.45, 7) is 15.0. The highest BCUT2D eigenvalue weighted by Crippen LogP contribution is 2.55. The second-order valence-corrected chi connectivity index (χ2v) is 12.1. The Balaban J connectivity index is 1.37. The van der Waals surface area contributed by atoms with Crippen molar-refractivity contribution in [1.29, 1.82) is 0 Å². The molecule has 8 nitrogen and oxygen atoms in total. The summed E-state index contributed by atoms with van der Waals surface area (Å²) < 4.78 is 49.3. The van der Waals surface area contributed by atoms with Gasteiger partial charge in [-0.3, -0.25) is 9.58 Å². The van der Waals surface area contributed by atoms with E-state index in [-0.39, 0.29) is 23.2 Å². The van der Waals surface area contributed by atoms with Crippen LogP contribution in [-0.4, -0.2) is 83.7 Å². The normalized spacial score (nSPS) is 27.9. The van der Waals surface area contributed by atoms with Gasteiger partial charge in [0.1, 0.15) is 5.82 Å². The molecule has 2 aromatic rings. The molecule has 5 rings (SSSR count). The number of hydrogen-bond donors (Lipinski definition) is 1. The molecule has 2 aromatic heterocycles. The highest BCUT2D eigenvalue weighted by molar-refractivity contribution is 5.43. The van der Waals surface area contributed by atoms with E-state index in [0.29, 0.717) is 43.8 Å². The SMILES string of the molecule is COCCn1ncc(C)c1[C@@H]1CCN(c2cc([C@H]3C[C@@H](N4CCNCC4)C3(C)C)nc(C(F)(F)F)n2)C[C@H]1C. The summed E-state index contributed by atoms with van der Waals surface area (Å²) in [7, 11) is 1.68. The fourth-order valence-electron chi connectivity index (χ4n) is 7.03. The fraction of sp³-hybridized carbons (Fsp3) is 0.750. The summed E-state index contributed by atoms with van der Waals surface area (Å²) in [5.74, 6) is -0.175. The maximum absolute atomic E-state index is 14.0. The van der Waals surface area contributed by atoms with Gasteiger partial charge >= 0.3 is 6.18 Å². The molecule has 2 aliphatic heterocycles. The maximum atomic E-state index is 14.0. The Bertz CT molecular complexity index is 1140. The summed E-state index contributed by atoms with van der Waals surface area (Å²) in [5.41, 5.74) is 2.71. The summed E-state index contributed by atoms with van der Waals surface area (Å²) in [6.07, 6.45) is -1.05. The van der Waals surface area contributed by atoms with Gasteiger partial charge in [-0.15, -0.1) is 0 Å². The number of hydrogen-bond acceptors (Lipinski definition) is 7.